The summed E-state index contributed by atoms with van der Waals surface area (Å²) in [6.07, 6.45) is 0. The van der Waals surface area contributed by atoms with Crippen molar-refractivity contribution >= 4 is 12.6 Å². The Balaban J connectivity index is 2.53. The van der Waals surface area contributed by atoms with Crippen LogP contribution in [-0.4, -0.2) is 17.2 Å². The lowest BCUT2D eigenvalue weighted by Gasteiger charge is -2.06. The predicted molar refractivity (Wildman–Crippen MR) is 66.4 cm³/mol. The number of benzene rings is 2. The van der Waals surface area contributed by atoms with E-state index in [4.69, 9.17) is 5.26 Å². The fourth-order valence-corrected chi connectivity index (χ4v) is 1.69. The van der Waals surface area contributed by atoms with Crippen LogP contribution in [0.15, 0.2) is 48.5 Å². The summed E-state index contributed by atoms with van der Waals surface area (Å²) in [5, 5.41) is 27.3. The number of nitrogens with zero attached hydrogens (tertiary/aromatic N) is 1. The van der Waals surface area contributed by atoms with E-state index in [0.717, 1.165) is 11.1 Å². The van der Waals surface area contributed by atoms with Crippen LogP contribution in [0.2, 0.25) is 0 Å². The second kappa shape index (κ2) is 4.83. The summed E-state index contributed by atoms with van der Waals surface area (Å²) in [5.41, 5.74) is 2.33. The van der Waals surface area contributed by atoms with Gasteiger partial charge >= 0.3 is 7.12 Å². The van der Waals surface area contributed by atoms with E-state index in [1.807, 2.05) is 36.4 Å². The van der Waals surface area contributed by atoms with Gasteiger partial charge in [0, 0.05) is 5.46 Å². The van der Waals surface area contributed by atoms with E-state index in [-0.39, 0.29) is 11.0 Å². The van der Waals surface area contributed by atoms with Crippen LogP contribution in [0, 0.1) is 11.3 Å². The van der Waals surface area contributed by atoms with Crippen molar-refractivity contribution < 1.29 is 10.0 Å². The van der Waals surface area contributed by atoms with E-state index in [1.165, 1.54) is 0 Å². The average molecular weight is 223 g/mol. The van der Waals surface area contributed by atoms with Gasteiger partial charge in [-0.15, -0.1) is 0 Å². The average Bonchev–Trinajstić information content (AvgIpc) is 2.39. The third-order valence-corrected chi connectivity index (χ3v) is 2.56. The van der Waals surface area contributed by atoms with Gasteiger partial charge in [-0.25, -0.2) is 0 Å². The molecule has 0 aromatic heterocycles. The molecular weight excluding hydrogens is 213 g/mol. The van der Waals surface area contributed by atoms with E-state index in [1.54, 1.807) is 18.2 Å². The Labute approximate surface area is 99.7 Å². The first kappa shape index (κ1) is 11.4. The molecule has 0 radical (unpaired) electrons. The van der Waals surface area contributed by atoms with Gasteiger partial charge in [-0.2, -0.15) is 5.26 Å². The molecule has 0 saturated heterocycles. The second-order valence-corrected chi connectivity index (χ2v) is 3.65. The van der Waals surface area contributed by atoms with Crippen LogP contribution < -0.4 is 5.46 Å². The molecule has 2 aromatic rings. The molecule has 2 rings (SSSR count). The molecule has 82 valence electrons. The lowest BCUT2D eigenvalue weighted by Crippen LogP contribution is -2.32. The molecule has 0 spiro atoms. The monoisotopic (exact) mass is 223 g/mol. The smallest absolute Gasteiger partial charge is 0.423 e. The molecule has 0 saturated carbocycles. The van der Waals surface area contributed by atoms with Crippen molar-refractivity contribution in [2.24, 2.45) is 0 Å². The molecule has 17 heavy (non-hydrogen) atoms. The summed E-state index contributed by atoms with van der Waals surface area (Å²) in [6.45, 7) is 0. The van der Waals surface area contributed by atoms with Crippen molar-refractivity contribution in [2.75, 3.05) is 0 Å². The quantitative estimate of drug-likeness (QED) is 0.743. The van der Waals surface area contributed by atoms with Crippen LogP contribution >= 0.6 is 0 Å². The van der Waals surface area contributed by atoms with Crippen LogP contribution in [0.4, 0.5) is 0 Å². The Morgan fingerprint density at radius 2 is 1.65 bits per heavy atom. The fraction of sp³-hybridized carbons (Fsp3) is 0. The van der Waals surface area contributed by atoms with Gasteiger partial charge in [-0.1, -0.05) is 42.5 Å². The van der Waals surface area contributed by atoms with Gasteiger partial charge in [0.15, 0.2) is 0 Å². The zero-order chi connectivity index (χ0) is 12.3. The minimum atomic E-state index is -1.63. The number of nitriles is 1. The first-order valence-electron chi connectivity index (χ1n) is 5.18. The van der Waals surface area contributed by atoms with Gasteiger partial charge in [-0.3, -0.25) is 0 Å². The van der Waals surface area contributed by atoms with Crippen molar-refractivity contribution in [3.63, 3.8) is 0 Å². The third kappa shape index (κ3) is 2.36. The molecule has 0 heterocycles. The molecule has 0 unspecified atom stereocenters. The first-order valence-corrected chi connectivity index (χ1v) is 5.18. The zero-order valence-electron chi connectivity index (χ0n) is 9.04. The molecule has 0 bridgehead atoms. The minimum absolute atomic E-state index is 0.230. The highest BCUT2D eigenvalue weighted by molar-refractivity contribution is 6.59. The summed E-state index contributed by atoms with van der Waals surface area (Å²) in [6, 6.07) is 16.5. The number of hydrogen-bond donors (Lipinski definition) is 2. The second-order valence-electron chi connectivity index (χ2n) is 3.65. The van der Waals surface area contributed by atoms with Crippen LogP contribution in [-0.2, 0) is 0 Å². The Kier molecular flexibility index (Phi) is 3.24. The van der Waals surface area contributed by atoms with Gasteiger partial charge in [0.25, 0.3) is 0 Å². The normalized spacial score (nSPS) is 9.71. The fourth-order valence-electron chi connectivity index (χ4n) is 1.69. The SMILES string of the molecule is N#Cc1ccc(-c2ccccc2)cc1B(O)O. The van der Waals surface area contributed by atoms with E-state index in [0.29, 0.717) is 0 Å². The maximum atomic E-state index is 9.21. The van der Waals surface area contributed by atoms with Gasteiger partial charge in [-0.05, 0) is 17.2 Å². The summed E-state index contributed by atoms with van der Waals surface area (Å²) in [4.78, 5) is 0. The van der Waals surface area contributed by atoms with Gasteiger partial charge in [0.05, 0.1) is 11.6 Å². The number of hydrogen-bond acceptors (Lipinski definition) is 3. The Hall–Kier alpha value is -2.09. The Morgan fingerprint density at radius 1 is 0.941 bits per heavy atom. The van der Waals surface area contributed by atoms with Crippen molar-refractivity contribution in [3.05, 3.63) is 54.1 Å². The van der Waals surface area contributed by atoms with Crippen LogP contribution in [0.5, 0.6) is 0 Å². The first-order chi connectivity index (χ1) is 8.22. The number of rotatable bonds is 2. The predicted octanol–water partition coefficient (Wildman–Crippen LogP) is 0.905. The standard InChI is InChI=1S/C13H10BNO2/c15-9-12-7-6-11(8-13(12)14(16)17)10-4-2-1-3-5-10/h1-8,16-17H. The van der Waals surface area contributed by atoms with Crippen molar-refractivity contribution in [2.45, 2.75) is 0 Å². The molecule has 0 aliphatic carbocycles. The molecule has 0 atom stereocenters. The molecule has 0 aliphatic heterocycles. The van der Waals surface area contributed by atoms with E-state index >= 15 is 0 Å². The van der Waals surface area contributed by atoms with Crippen molar-refractivity contribution in [1.82, 2.24) is 0 Å². The third-order valence-electron chi connectivity index (χ3n) is 2.56. The van der Waals surface area contributed by atoms with Crippen LogP contribution in [0.1, 0.15) is 5.56 Å². The largest absolute Gasteiger partial charge is 0.489 e. The Morgan fingerprint density at radius 3 is 2.24 bits per heavy atom. The van der Waals surface area contributed by atoms with Gasteiger partial charge < -0.3 is 10.0 Å². The van der Waals surface area contributed by atoms with E-state index in [9.17, 15) is 10.0 Å². The highest BCUT2D eigenvalue weighted by Crippen LogP contribution is 2.18. The molecular formula is C13H10BNO2. The molecule has 0 fully saturated rings. The van der Waals surface area contributed by atoms with Crippen LogP contribution in [0.25, 0.3) is 11.1 Å². The Bertz CT molecular complexity index is 561. The van der Waals surface area contributed by atoms with Crippen LogP contribution in [0.3, 0.4) is 0 Å². The lowest BCUT2D eigenvalue weighted by atomic mass is 9.76. The maximum Gasteiger partial charge on any atom is 0.489 e. The molecule has 0 aliphatic rings. The summed E-state index contributed by atoms with van der Waals surface area (Å²) < 4.78 is 0. The molecule has 4 heteroatoms. The van der Waals surface area contributed by atoms with E-state index in [2.05, 4.69) is 0 Å². The lowest BCUT2D eigenvalue weighted by molar-refractivity contribution is 0.425. The molecule has 2 aromatic carbocycles. The highest BCUT2D eigenvalue weighted by atomic mass is 16.4. The molecule has 0 amide bonds. The topological polar surface area (TPSA) is 64.2 Å². The summed E-state index contributed by atoms with van der Waals surface area (Å²) in [7, 11) is -1.63. The van der Waals surface area contributed by atoms with Crippen molar-refractivity contribution in [3.8, 4) is 17.2 Å². The zero-order valence-corrected chi connectivity index (χ0v) is 9.04. The van der Waals surface area contributed by atoms with Crippen molar-refractivity contribution in [1.29, 1.82) is 5.26 Å². The van der Waals surface area contributed by atoms with Gasteiger partial charge in [0.2, 0.25) is 0 Å². The molecule has 2 N–H and O–H groups in total. The van der Waals surface area contributed by atoms with Gasteiger partial charge in [0.1, 0.15) is 0 Å². The summed E-state index contributed by atoms with van der Waals surface area (Å²) >= 11 is 0. The minimum Gasteiger partial charge on any atom is -0.423 e. The summed E-state index contributed by atoms with van der Waals surface area (Å²) in [5.74, 6) is 0. The van der Waals surface area contributed by atoms with E-state index < -0.39 is 7.12 Å². The maximum absolute atomic E-state index is 9.21. The highest BCUT2D eigenvalue weighted by Gasteiger charge is 2.16. The molecule has 3 nitrogen and oxygen atoms in total.